The molecule has 0 atom stereocenters. The molecule has 2 aliphatic rings. The van der Waals surface area contributed by atoms with Crippen LogP contribution in [0.2, 0.25) is 0 Å². The van der Waals surface area contributed by atoms with Crippen LogP contribution in [-0.4, -0.2) is 15.0 Å². The molecule has 18 heavy (non-hydrogen) atoms. The molecule has 3 rings (SSSR count). The van der Waals surface area contributed by atoms with Gasteiger partial charge in [-0.15, -0.1) is 0 Å². The molecule has 0 bridgehead atoms. The average Bonchev–Trinajstić information content (AvgIpc) is 2.88. The SMILES string of the molecule is O=S1(=O)Cc2ccc(F)cc2N1CC1CCCC1. The Labute approximate surface area is 107 Å². The van der Waals surface area contributed by atoms with Crippen LogP contribution in [0.25, 0.3) is 0 Å². The Hall–Kier alpha value is -1.10. The van der Waals surface area contributed by atoms with Gasteiger partial charge < -0.3 is 0 Å². The molecule has 0 unspecified atom stereocenters. The summed E-state index contributed by atoms with van der Waals surface area (Å²) in [7, 11) is -3.28. The second kappa shape index (κ2) is 4.23. The number of rotatable bonds is 2. The van der Waals surface area contributed by atoms with E-state index in [2.05, 4.69) is 0 Å². The largest absolute Gasteiger partial charge is 0.269 e. The van der Waals surface area contributed by atoms with Crippen LogP contribution in [-0.2, 0) is 15.8 Å². The molecule has 0 aromatic heterocycles. The third-order valence-corrected chi connectivity index (χ3v) is 5.58. The van der Waals surface area contributed by atoms with Gasteiger partial charge in [-0.3, -0.25) is 4.31 Å². The third kappa shape index (κ3) is 2.00. The molecule has 5 heteroatoms. The van der Waals surface area contributed by atoms with E-state index in [-0.39, 0.29) is 11.6 Å². The first kappa shape index (κ1) is 12.0. The van der Waals surface area contributed by atoms with E-state index < -0.39 is 10.0 Å². The third-order valence-electron chi connectivity index (χ3n) is 3.89. The molecule has 98 valence electrons. The molecule has 1 aromatic carbocycles. The van der Waals surface area contributed by atoms with Crippen LogP contribution < -0.4 is 4.31 Å². The van der Waals surface area contributed by atoms with Crippen molar-refractivity contribution in [1.82, 2.24) is 0 Å². The van der Waals surface area contributed by atoms with Crippen molar-refractivity contribution in [3.8, 4) is 0 Å². The van der Waals surface area contributed by atoms with Gasteiger partial charge in [0.25, 0.3) is 0 Å². The van der Waals surface area contributed by atoms with Crippen molar-refractivity contribution in [1.29, 1.82) is 0 Å². The van der Waals surface area contributed by atoms with Crippen molar-refractivity contribution in [2.45, 2.75) is 31.4 Å². The highest BCUT2D eigenvalue weighted by atomic mass is 32.2. The molecule has 1 aliphatic heterocycles. The Morgan fingerprint density at radius 1 is 1.28 bits per heavy atom. The summed E-state index contributed by atoms with van der Waals surface area (Å²) in [5.74, 6) is 0.0614. The van der Waals surface area contributed by atoms with E-state index in [1.807, 2.05) is 0 Å². The van der Waals surface area contributed by atoms with E-state index in [1.165, 1.54) is 29.3 Å². The van der Waals surface area contributed by atoms with Gasteiger partial charge in [-0.05, 0) is 36.5 Å². The van der Waals surface area contributed by atoms with Gasteiger partial charge in [0.2, 0.25) is 10.0 Å². The molecule has 3 nitrogen and oxygen atoms in total. The van der Waals surface area contributed by atoms with Gasteiger partial charge in [-0.2, -0.15) is 0 Å². The summed E-state index contributed by atoms with van der Waals surface area (Å²) in [6, 6.07) is 4.25. The maximum atomic E-state index is 13.3. The van der Waals surface area contributed by atoms with Crippen molar-refractivity contribution in [2.24, 2.45) is 5.92 Å². The van der Waals surface area contributed by atoms with Crippen molar-refractivity contribution < 1.29 is 12.8 Å². The van der Waals surface area contributed by atoms with Crippen LogP contribution in [0, 0.1) is 11.7 Å². The fourth-order valence-corrected chi connectivity index (χ4v) is 4.66. The molecule has 0 N–H and O–H groups in total. The second-order valence-corrected chi connectivity index (χ2v) is 7.10. The maximum Gasteiger partial charge on any atom is 0.239 e. The van der Waals surface area contributed by atoms with E-state index in [0.29, 0.717) is 18.2 Å². The summed E-state index contributed by atoms with van der Waals surface area (Å²) in [6.07, 6.45) is 4.51. The zero-order valence-electron chi connectivity index (χ0n) is 10.1. The zero-order valence-corrected chi connectivity index (χ0v) is 10.9. The fraction of sp³-hybridized carbons (Fsp3) is 0.538. The minimum atomic E-state index is -3.28. The topological polar surface area (TPSA) is 37.4 Å². The number of sulfonamides is 1. The lowest BCUT2D eigenvalue weighted by molar-refractivity contribution is 0.545. The molecule has 1 saturated carbocycles. The van der Waals surface area contributed by atoms with Crippen molar-refractivity contribution in [2.75, 3.05) is 10.8 Å². The van der Waals surface area contributed by atoms with Crippen molar-refractivity contribution in [3.63, 3.8) is 0 Å². The van der Waals surface area contributed by atoms with Gasteiger partial charge in [0.15, 0.2) is 0 Å². The van der Waals surface area contributed by atoms with E-state index in [0.717, 1.165) is 18.4 Å². The minimum Gasteiger partial charge on any atom is -0.269 e. The summed E-state index contributed by atoms with van der Waals surface area (Å²) in [5.41, 5.74) is 1.26. The quantitative estimate of drug-likeness (QED) is 0.827. The highest BCUT2D eigenvalue weighted by Gasteiger charge is 2.35. The summed E-state index contributed by atoms with van der Waals surface area (Å²) < 4.78 is 38.9. The molecule has 0 saturated heterocycles. The molecular formula is C13H16FNO2S. The number of hydrogen-bond donors (Lipinski definition) is 0. The molecular weight excluding hydrogens is 253 g/mol. The Balaban J connectivity index is 1.94. The molecule has 0 amide bonds. The summed E-state index contributed by atoms with van der Waals surface area (Å²) in [4.78, 5) is 0. The Morgan fingerprint density at radius 2 is 2.00 bits per heavy atom. The van der Waals surface area contributed by atoms with E-state index in [1.54, 1.807) is 6.07 Å². The van der Waals surface area contributed by atoms with Crippen LogP contribution >= 0.6 is 0 Å². The predicted octanol–water partition coefficient (Wildman–Crippen LogP) is 2.67. The lowest BCUT2D eigenvalue weighted by Gasteiger charge is -2.22. The first-order valence-corrected chi connectivity index (χ1v) is 7.96. The summed E-state index contributed by atoms with van der Waals surface area (Å²) >= 11 is 0. The van der Waals surface area contributed by atoms with Gasteiger partial charge in [0.05, 0.1) is 11.4 Å². The molecule has 0 radical (unpaired) electrons. The molecule has 1 aromatic rings. The normalized spacial score (nSPS) is 22.4. The van der Waals surface area contributed by atoms with Crippen LogP contribution in [0.1, 0.15) is 31.2 Å². The highest BCUT2D eigenvalue weighted by Crippen LogP contribution is 2.36. The van der Waals surface area contributed by atoms with Crippen LogP contribution in [0.3, 0.4) is 0 Å². The number of anilines is 1. The van der Waals surface area contributed by atoms with E-state index >= 15 is 0 Å². The molecule has 1 fully saturated rings. The Kier molecular flexibility index (Phi) is 2.81. The first-order valence-electron chi connectivity index (χ1n) is 6.35. The Bertz CT molecular complexity index is 564. The fourth-order valence-electron chi connectivity index (χ4n) is 2.95. The molecule has 1 heterocycles. The van der Waals surface area contributed by atoms with Crippen LogP contribution in [0.4, 0.5) is 10.1 Å². The Morgan fingerprint density at radius 3 is 2.72 bits per heavy atom. The highest BCUT2D eigenvalue weighted by molar-refractivity contribution is 7.92. The minimum absolute atomic E-state index is 0.00926. The zero-order chi connectivity index (χ0) is 12.8. The van der Waals surface area contributed by atoms with Gasteiger partial charge in [0.1, 0.15) is 5.82 Å². The lowest BCUT2D eigenvalue weighted by atomic mass is 10.1. The van der Waals surface area contributed by atoms with Crippen molar-refractivity contribution >= 4 is 15.7 Å². The maximum absolute atomic E-state index is 13.3. The molecule has 0 spiro atoms. The van der Waals surface area contributed by atoms with E-state index in [9.17, 15) is 12.8 Å². The van der Waals surface area contributed by atoms with Gasteiger partial charge in [0, 0.05) is 6.54 Å². The van der Waals surface area contributed by atoms with Crippen LogP contribution in [0.15, 0.2) is 18.2 Å². The van der Waals surface area contributed by atoms with E-state index in [4.69, 9.17) is 0 Å². The average molecular weight is 269 g/mol. The first-order chi connectivity index (χ1) is 8.56. The number of nitrogens with zero attached hydrogens (tertiary/aromatic N) is 1. The van der Waals surface area contributed by atoms with Gasteiger partial charge in [-0.25, -0.2) is 12.8 Å². The smallest absolute Gasteiger partial charge is 0.239 e. The van der Waals surface area contributed by atoms with Gasteiger partial charge >= 0.3 is 0 Å². The number of fused-ring (bicyclic) bond motifs is 1. The number of hydrogen-bond acceptors (Lipinski definition) is 2. The molecule has 1 aliphatic carbocycles. The summed E-state index contributed by atoms with van der Waals surface area (Å²) in [6.45, 7) is 0.513. The van der Waals surface area contributed by atoms with Crippen molar-refractivity contribution in [3.05, 3.63) is 29.6 Å². The van der Waals surface area contributed by atoms with Gasteiger partial charge in [-0.1, -0.05) is 18.9 Å². The standard InChI is InChI=1S/C13H16FNO2S/c14-12-6-5-11-9-18(16,17)15(13(11)7-12)8-10-3-1-2-4-10/h5-7,10H,1-4,8-9H2. The van der Waals surface area contributed by atoms with Crippen LogP contribution in [0.5, 0.6) is 0 Å². The lowest BCUT2D eigenvalue weighted by Crippen LogP contribution is -2.31. The number of halogens is 1. The monoisotopic (exact) mass is 269 g/mol. The summed E-state index contributed by atoms with van der Waals surface area (Å²) in [5, 5.41) is 0. The predicted molar refractivity (Wildman–Crippen MR) is 68.3 cm³/mol. The number of benzene rings is 1. The second-order valence-electron chi connectivity index (χ2n) is 5.21.